The molecule has 0 bridgehead atoms. The average molecular weight is 391 g/mol. The van der Waals surface area contributed by atoms with Crippen molar-refractivity contribution in [3.63, 3.8) is 0 Å². The van der Waals surface area contributed by atoms with Crippen molar-refractivity contribution < 1.29 is 0 Å². The maximum Gasteiger partial charge on any atom is 0.173 e. The highest BCUT2D eigenvalue weighted by Crippen LogP contribution is 2.29. The summed E-state index contributed by atoms with van der Waals surface area (Å²) in [5.74, 6) is 0. The molecule has 0 radical (unpaired) electrons. The van der Waals surface area contributed by atoms with Gasteiger partial charge in [-0.3, -0.25) is 5.41 Å². The molecule has 0 saturated heterocycles. The van der Waals surface area contributed by atoms with Crippen LogP contribution in [-0.4, -0.2) is 32.1 Å². The van der Waals surface area contributed by atoms with Gasteiger partial charge in [-0.05, 0) is 43.7 Å². The van der Waals surface area contributed by atoms with Gasteiger partial charge in [-0.15, -0.1) is 0 Å². The average Bonchev–Trinajstić information content (AvgIpc) is 2.96. The molecule has 26 heavy (non-hydrogen) atoms. The quantitative estimate of drug-likeness (QED) is 0.536. The van der Waals surface area contributed by atoms with Gasteiger partial charge in [-0.2, -0.15) is 0 Å². The van der Waals surface area contributed by atoms with Gasteiger partial charge in [-0.25, -0.2) is 9.97 Å². The lowest BCUT2D eigenvalue weighted by Crippen LogP contribution is -2.24. The zero-order valence-corrected chi connectivity index (χ0v) is 16.7. The Kier molecular flexibility index (Phi) is 6.01. The molecule has 6 nitrogen and oxygen atoms in total. The van der Waals surface area contributed by atoms with Gasteiger partial charge in [0.15, 0.2) is 16.3 Å². The van der Waals surface area contributed by atoms with Gasteiger partial charge in [-0.1, -0.05) is 37.2 Å². The first-order chi connectivity index (χ1) is 12.4. The number of rotatable bonds is 7. The lowest BCUT2D eigenvalue weighted by Gasteiger charge is -2.09. The van der Waals surface area contributed by atoms with Gasteiger partial charge in [0.05, 0.1) is 6.33 Å². The molecular weight excluding hydrogens is 368 g/mol. The number of benzene rings is 1. The summed E-state index contributed by atoms with van der Waals surface area (Å²) < 4.78 is 2.00. The van der Waals surface area contributed by atoms with Crippen LogP contribution in [0.15, 0.2) is 34.6 Å². The largest absolute Gasteiger partial charge is 0.328 e. The van der Waals surface area contributed by atoms with Crippen LogP contribution >= 0.6 is 23.4 Å². The van der Waals surface area contributed by atoms with Gasteiger partial charge >= 0.3 is 0 Å². The van der Waals surface area contributed by atoms with Crippen molar-refractivity contribution in [3.8, 4) is 0 Å². The van der Waals surface area contributed by atoms with Crippen LogP contribution in [0.5, 0.6) is 0 Å². The summed E-state index contributed by atoms with van der Waals surface area (Å²) in [7, 11) is 0. The number of aromatic nitrogens is 4. The number of halogens is 1. The summed E-state index contributed by atoms with van der Waals surface area (Å²) in [6.07, 6.45) is 2.67. The molecule has 0 spiro atoms. The summed E-state index contributed by atoms with van der Waals surface area (Å²) in [5.41, 5.74) is 2.73. The number of aromatic amines is 1. The standard InChI is InChI=1S/C18H23ClN6S/c1-11(2)21-5-4-6-25-10-22-16(20)15-17(25)24-18(23-15)26-14-8-12(3)7-13(19)9-14/h7-11,20-21H,4-6H2,1-3H3,(H,23,24). The highest BCUT2D eigenvalue weighted by Gasteiger charge is 2.11. The molecule has 3 N–H and O–H groups in total. The first kappa shape index (κ1) is 18.9. The second kappa shape index (κ2) is 8.24. The van der Waals surface area contributed by atoms with Crippen LogP contribution in [0, 0.1) is 12.3 Å². The Morgan fingerprint density at radius 3 is 2.88 bits per heavy atom. The van der Waals surface area contributed by atoms with E-state index in [2.05, 4.69) is 40.2 Å². The van der Waals surface area contributed by atoms with E-state index in [1.165, 1.54) is 11.8 Å². The normalized spacial score (nSPS) is 11.6. The lowest BCUT2D eigenvalue weighted by atomic mass is 10.2. The molecule has 0 saturated carbocycles. The van der Waals surface area contributed by atoms with E-state index >= 15 is 0 Å². The zero-order chi connectivity index (χ0) is 18.7. The van der Waals surface area contributed by atoms with Crippen molar-refractivity contribution in [3.05, 3.63) is 40.6 Å². The van der Waals surface area contributed by atoms with Crippen molar-refractivity contribution >= 4 is 34.5 Å². The topological polar surface area (TPSA) is 82.4 Å². The molecule has 1 aromatic carbocycles. The van der Waals surface area contributed by atoms with Crippen molar-refractivity contribution in [2.24, 2.45) is 0 Å². The Morgan fingerprint density at radius 1 is 1.35 bits per heavy atom. The third kappa shape index (κ3) is 4.66. The van der Waals surface area contributed by atoms with Gasteiger partial charge in [0.25, 0.3) is 0 Å². The fourth-order valence-electron chi connectivity index (χ4n) is 2.69. The second-order valence-electron chi connectivity index (χ2n) is 6.56. The molecule has 3 rings (SSSR count). The first-order valence-corrected chi connectivity index (χ1v) is 9.80. The molecule has 0 unspecified atom stereocenters. The number of H-pyrrole nitrogens is 1. The minimum absolute atomic E-state index is 0.207. The first-order valence-electron chi connectivity index (χ1n) is 8.60. The molecule has 0 aliphatic rings. The molecule has 3 aromatic rings. The Morgan fingerprint density at radius 2 is 2.15 bits per heavy atom. The van der Waals surface area contributed by atoms with E-state index in [4.69, 9.17) is 17.0 Å². The Bertz CT molecular complexity index is 942. The number of imidazole rings is 1. The molecule has 0 aliphatic heterocycles. The van der Waals surface area contributed by atoms with E-state index in [1.807, 2.05) is 23.6 Å². The van der Waals surface area contributed by atoms with Crippen molar-refractivity contribution in [2.75, 3.05) is 6.54 Å². The summed E-state index contributed by atoms with van der Waals surface area (Å²) >= 11 is 7.65. The van der Waals surface area contributed by atoms with Crippen LogP contribution in [0.2, 0.25) is 5.02 Å². The SMILES string of the molecule is Cc1cc(Cl)cc(Sc2nc3c([nH]2)c(=N)ncn3CCCNC(C)C)c1. The Balaban J connectivity index is 1.83. The smallest absolute Gasteiger partial charge is 0.173 e. The predicted octanol–water partition coefficient (Wildman–Crippen LogP) is 3.74. The van der Waals surface area contributed by atoms with Gasteiger partial charge in [0, 0.05) is 22.5 Å². The highest BCUT2D eigenvalue weighted by atomic mass is 35.5. The molecule has 0 aliphatic carbocycles. The Hall–Kier alpha value is -1.83. The third-order valence-electron chi connectivity index (χ3n) is 3.86. The number of hydrogen-bond acceptors (Lipinski definition) is 5. The Labute approximate surface area is 161 Å². The van der Waals surface area contributed by atoms with E-state index in [0.717, 1.165) is 40.8 Å². The predicted molar refractivity (Wildman–Crippen MR) is 106 cm³/mol. The fraction of sp³-hybridized carbons (Fsp3) is 0.389. The number of nitrogens with zero attached hydrogens (tertiary/aromatic N) is 3. The number of nitrogens with one attached hydrogen (secondary N) is 3. The molecule has 8 heteroatoms. The van der Waals surface area contributed by atoms with Crippen LogP contribution in [0.3, 0.4) is 0 Å². The zero-order valence-electron chi connectivity index (χ0n) is 15.1. The van der Waals surface area contributed by atoms with E-state index in [1.54, 1.807) is 6.33 Å². The lowest BCUT2D eigenvalue weighted by molar-refractivity contribution is 0.536. The van der Waals surface area contributed by atoms with E-state index in [0.29, 0.717) is 16.6 Å². The number of hydrogen-bond donors (Lipinski definition) is 3. The van der Waals surface area contributed by atoms with Gasteiger partial charge in [0.1, 0.15) is 5.52 Å². The van der Waals surface area contributed by atoms with Crippen LogP contribution < -0.4 is 10.8 Å². The summed E-state index contributed by atoms with van der Waals surface area (Å²) in [4.78, 5) is 13.1. The monoisotopic (exact) mass is 390 g/mol. The third-order valence-corrected chi connectivity index (χ3v) is 4.93. The van der Waals surface area contributed by atoms with Gasteiger partial charge < -0.3 is 14.9 Å². The summed E-state index contributed by atoms with van der Waals surface area (Å²) in [6.45, 7) is 8.02. The number of aryl methyl sites for hydroxylation is 2. The van der Waals surface area contributed by atoms with Gasteiger partial charge in [0.2, 0.25) is 0 Å². The maximum absolute atomic E-state index is 8.05. The molecule has 138 valence electrons. The van der Waals surface area contributed by atoms with Crippen LogP contribution in [0.4, 0.5) is 0 Å². The fourth-order valence-corrected chi connectivity index (χ4v) is 3.98. The summed E-state index contributed by atoms with van der Waals surface area (Å²) in [6, 6.07) is 6.38. The minimum atomic E-state index is 0.207. The molecule has 0 fully saturated rings. The van der Waals surface area contributed by atoms with Crippen LogP contribution in [0.1, 0.15) is 25.8 Å². The second-order valence-corrected chi connectivity index (χ2v) is 8.05. The number of fused-ring (bicyclic) bond motifs is 1. The molecule has 2 aromatic heterocycles. The molecular formula is C18H23ClN6S. The minimum Gasteiger partial charge on any atom is -0.328 e. The van der Waals surface area contributed by atoms with E-state index in [-0.39, 0.29) is 5.49 Å². The molecule has 2 heterocycles. The van der Waals surface area contributed by atoms with Crippen LogP contribution in [-0.2, 0) is 6.54 Å². The molecule has 0 atom stereocenters. The van der Waals surface area contributed by atoms with E-state index < -0.39 is 0 Å². The summed E-state index contributed by atoms with van der Waals surface area (Å²) in [5, 5.41) is 12.9. The maximum atomic E-state index is 8.05. The highest BCUT2D eigenvalue weighted by molar-refractivity contribution is 7.99. The molecule has 0 amide bonds. The van der Waals surface area contributed by atoms with Crippen LogP contribution in [0.25, 0.3) is 11.2 Å². The van der Waals surface area contributed by atoms with Crippen molar-refractivity contribution in [1.82, 2.24) is 24.8 Å². The van der Waals surface area contributed by atoms with Crippen molar-refractivity contribution in [2.45, 2.75) is 49.8 Å². The van der Waals surface area contributed by atoms with Crippen molar-refractivity contribution in [1.29, 1.82) is 5.41 Å². The van der Waals surface area contributed by atoms with E-state index in [9.17, 15) is 0 Å².